The van der Waals surface area contributed by atoms with Gasteiger partial charge in [-0.2, -0.15) is 4.98 Å². The fourth-order valence-electron chi connectivity index (χ4n) is 1.84. The van der Waals surface area contributed by atoms with Gasteiger partial charge in [-0.3, -0.25) is 0 Å². The van der Waals surface area contributed by atoms with Gasteiger partial charge in [0, 0.05) is 32.6 Å². The molecule has 8 nitrogen and oxygen atoms in total. The van der Waals surface area contributed by atoms with Gasteiger partial charge in [-0.15, -0.1) is 12.4 Å². The number of aryl methyl sites for hydroxylation is 1. The van der Waals surface area contributed by atoms with E-state index in [9.17, 15) is 8.42 Å². The van der Waals surface area contributed by atoms with E-state index in [1.54, 1.807) is 6.92 Å². The first-order valence-corrected chi connectivity index (χ1v) is 8.23. The maximum absolute atomic E-state index is 12.2. The number of rotatable bonds is 6. The second-order valence-electron chi connectivity index (χ2n) is 5.23. The molecular formula is C13H21ClN4O4S. The predicted octanol–water partition coefficient (Wildman–Crippen LogP) is 1.46. The zero-order valence-corrected chi connectivity index (χ0v) is 15.3. The molecule has 10 heteroatoms. The Morgan fingerprint density at radius 1 is 1.39 bits per heavy atom. The van der Waals surface area contributed by atoms with Crippen LogP contribution in [0.2, 0.25) is 0 Å². The number of hydrogen-bond acceptors (Lipinski definition) is 7. The van der Waals surface area contributed by atoms with E-state index in [1.165, 1.54) is 20.2 Å². The fourth-order valence-corrected chi connectivity index (χ4v) is 2.89. The molecule has 0 radical (unpaired) electrons. The van der Waals surface area contributed by atoms with Gasteiger partial charge in [-0.25, -0.2) is 12.7 Å². The highest BCUT2D eigenvalue weighted by Crippen LogP contribution is 2.28. The van der Waals surface area contributed by atoms with E-state index >= 15 is 0 Å². The molecule has 0 aliphatic carbocycles. The van der Waals surface area contributed by atoms with Crippen molar-refractivity contribution >= 4 is 22.4 Å². The molecule has 0 saturated heterocycles. The van der Waals surface area contributed by atoms with Gasteiger partial charge in [0.15, 0.2) is 11.6 Å². The second-order valence-corrected chi connectivity index (χ2v) is 7.35. The molecule has 0 bridgehead atoms. The zero-order chi connectivity index (χ0) is 16.5. The summed E-state index contributed by atoms with van der Waals surface area (Å²) in [6, 6.07) is 1.61. The lowest BCUT2D eigenvalue weighted by atomic mass is 10.2. The highest BCUT2D eigenvalue weighted by atomic mass is 35.5. The van der Waals surface area contributed by atoms with Gasteiger partial charge in [0.1, 0.15) is 10.7 Å². The lowest BCUT2D eigenvalue weighted by Crippen LogP contribution is -2.24. The Hall–Kier alpha value is -1.42. The number of nitrogens with zero attached hydrogens (tertiary/aromatic N) is 3. The van der Waals surface area contributed by atoms with Crippen LogP contribution < -0.4 is 5.32 Å². The van der Waals surface area contributed by atoms with E-state index < -0.39 is 10.0 Å². The molecule has 2 aromatic heterocycles. The van der Waals surface area contributed by atoms with Crippen molar-refractivity contribution < 1.29 is 17.4 Å². The van der Waals surface area contributed by atoms with Crippen molar-refractivity contribution in [2.75, 3.05) is 21.1 Å². The van der Waals surface area contributed by atoms with Gasteiger partial charge >= 0.3 is 0 Å². The molecule has 0 saturated carbocycles. The van der Waals surface area contributed by atoms with E-state index in [0.717, 1.165) is 4.31 Å². The Morgan fingerprint density at radius 2 is 2.04 bits per heavy atom. The first-order chi connectivity index (χ1) is 10.3. The predicted molar refractivity (Wildman–Crippen MR) is 87.1 cm³/mol. The molecule has 0 aromatic carbocycles. The third-order valence-corrected chi connectivity index (χ3v) is 5.21. The van der Waals surface area contributed by atoms with Crippen LogP contribution in [0.1, 0.15) is 18.5 Å². The molecule has 2 heterocycles. The van der Waals surface area contributed by atoms with Gasteiger partial charge < -0.3 is 14.3 Å². The Kier molecular flexibility index (Phi) is 6.34. The van der Waals surface area contributed by atoms with Crippen LogP contribution in [0.3, 0.4) is 0 Å². The summed E-state index contributed by atoms with van der Waals surface area (Å²) in [4.78, 5) is 4.32. The number of likely N-dealkylation sites (N-methyl/N-ethyl adjacent to an activating group) is 1. The average molecular weight is 365 g/mol. The second kappa shape index (κ2) is 7.43. The molecule has 23 heavy (non-hydrogen) atoms. The van der Waals surface area contributed by atoms with Crippen LogP contribution in [0.25, 0.3) is 11.7 Å². The van der Waals surface area contributed by atoms with Gasteiger partial charge in [-0.1, -0.05) is 5.16 Å². The van der Waals surface area contributed by atoms with E-state index in [2.05, 4.69) is 15.5 Å². The molecule has 0 fully saturated rings. The molecule has 1 atom stereocenters. The first kappa shape index (κ1) is 19.6. The minimum atomic E-state index is -3.57. The summed E-state index contributed by atoms with van der Waals surface area (Å²) in [7, 11) is 1.20. The largest absolute Gasteiger partial charge is 0.455 e. The molecule has 130 valence electrons. The normalized spacial score (nSPS) is 13.1. The fraction of sp³-hybridized carbons (Fsp3) is 0.538. The molecule has 0 aliphatic heterocycles. The molecule has 1 unspecified atom stereocenters. The molecule has 1 N–H and O–H groups in total. The van der Waals surface area contributed by atoms with Crippen molar-refractivity contribution in [1.82, 2.24) is 19.8 Å². The summed E-state index contributed by atoms with van der Waals surface area (Å²) in [6.07, 6.45) is 0.600. The number of nitrogens with one attached hydrogen (secondary N) is 1. The molecular weight excluding hydrogens is 344 g/mol. The summed E-state index contributed by atoms with van der Waals surface area (Å²) in [6.45, 7) is 3.58. The topological polar surface area (TPSA) is 101 Å². The molecule has 0 aliphatic rings. The SMILES string of the molecule is CNC(C)Cc1noc(-c2cc(S(=O)(=O)N(C)C)c(C)o2)n1.Cl. The number of furan rings is 1. The van der Waals surface area contributed by atoms with Gasteiger partial charge in [0.2, 0.25) is 10.0 Å². The van der Waals surface area contributed by atoms with Crippen molar-refractivity contribution in [2.24, 2.45) is 0 Å². The number of sulfonamides is 1. The van der Waals surface area contributed by atoms with Crippen LogP contribution in [-0.2, 0) is 16.4 Å². The minimum absolute atomic E-state index is 0. The minimum Gasteiger partial charge on any atom is -0.455 e. The summed E-state index contributed by atoms with van der Waals surface area (Å²) in [5.41, 5.74) is 0. The van der Waals surface area contributed by atoms with E-state index in [-0.39, 0.29) is 40.8 Å². The average Bonchev–Trinajstić information content (AvgIpc) is 3.05. The smallest absolute Gasteiger partial charge is 0.293 e. The number of aromatic nitrogens is 2. The van der Waals surface area contributed by atoms with Crippen LogP contribution in [-0.4, -0.2) is 50.0 Å². The van der Waals surface area contributed by atoms with Gasteiger partial charge in [0.05, 0.1) is 0 Å². The van der Waals surface area contributed by atoms with Gasteiger partial charge in [-0.05, 0) is 20.9 Å². The number of hydrogen-bond donors (Lipinski definition) is 1. The molecule has 0 spiro atoms. The third-order valence-electron chi connectivity index (χ3n) is 3.29. The highest BCUT2D eigenvalue weighted by Gasteiger charge is 2.26. The van der Waals surface area contributed by atoms with Crippen molar-refractivity contribution in [3.05, 3.63) is 17.7 Å². The van der Waals surface area contributed by atoms with E-state index in [0.29, 0.717) is 12.2 Å². The van der Waals surface area contributed by atoms with Crippen LogP contribution in [0.15, 0.2) is 19.9 Å². The summed E-state index contributed by atoms with van der Waals surface area (Å²) < 4.78 is 36.1. The van der Waals surface area contributed by atoms with E-state index in [1.807, 2.05) is 14.0 Å². The highest BCUT2D eigenvalue weighted by molar-refractivity contribution is 7.89. The van der Waals surface area contributed by atoms with E-state index in [4.69, 9.17) is 8.94 Å². The maximum Gasteiger partial charge on any atom is 0.293 e. The standard InChI is InChI=1S/C13H20N4O4S.ClH/c1-8(14-3)6-12-15-13(21-16-12)10-7-11(9(2)20-10)22(18,19)17(4)5;/h7-8,14H,6H2,1-5H3;1H. The van der Waals surface area contributed by atoms with Crippen LogP contribution in [0.5, 0.6) is 0 Å². The summed E-state index contributed by atoms with van der Waals surface area (Å²) in [5, 5.41) is 6.95. The van der Waals surface area contributed by atoms with Crippen LogP contribution in [0.4, 0.5) is 0 Å². The summed E-state index contributed by atoms with van der Waals surface area (Å²) >= 11 is 0. The lowest BCUT2D eigenvalue weighted by Gasteiger charge is -2.09. The quantitative estimate of drug-likeness (QED) is 0.827. The van der Waals surface area contributed by atoms with Crippen molar-refractivity contribution in [2.45, 2.75) is 31.2 Å². The lowest BCUT2D eigenvalue weighted by molar-refractivity contribution is 0.403. The third kappa shape index (κ3) is 4.11. The summed E-state index contributed by atoms with van der Waals surface area (Å²) in [5.74, 6) is 1.23. The zero-order valence-electron chi connectivity index (χ0n) is 13.7. The Morgan fingerprint density at radius 3 is 2.61 bits per heavy atom. The number of halogens is 1. The van der Waals surface area contributed by atoms with Crippen molar-refractivity contribution in [3.8, 4) is 11.7 Å². The first-order valence-electron chi connectivity index (χ1n) is 6.79. The van der Waals surface area contributed by atoms with Crippen LogP contribution >= 0.6 is 12.4 Å². The van der Waals surface area contributed by atoms with Crippen molar-refractivity contribution in [1.29, 1.82) is 0 Å². The van der Waals surface area contributed by atoms with Gasteiger partial charge in [0.25, 0.3) is 5.89 Å². The van der Waals surface area contributed by atoms with Crippen molar-refractivity contribution in [3.63, 3.8) is 0 Å². The Labute approximate surface area is 141 Å². The maximum atomic E-state index is 12.2. The molecule has 2 rings (SSSR count). The molecule has 0 amide bonds. The van der Waals surface area contributed by atoms with Crippen LogP contribution in [0, 0.1) is 6.92 Å². The Balaban J connectivity index is 0.00000264. The molecule has 2 aromatic rings. The Bertz CT molecular complexity index is 754. The monoisotopic (exact) mass is 364 g/mol.